The number of fused-ring (bicyclic) bond motifs is 1. The number of aromatic amines is 1. The lowest BCUT2D eigenvalue weighted by atomic mass is 9.99. The first-order valence-corrected chi connectivity index (χ1v) is 11.3. The van der Waals surface area contributed by atoms with Crippen LogP contribution in [0.4, 0.5) is 0 Å². The van der Waals surface area contributed by atoms with Crippen molar-refractivity contribution >= 4 is 5.91 Å². The number of aromatic nitrogens is 4. The summed E-state index contributed by atoms with van der Waals surface area (Å²) < 4.78 is 1.64. The summed E-state index contributed by atoms with van der Waals surface area (Å²) in [7, 11) is 1.81. The summed E-state index contributed by atoms with van der Waals surface area (Å²) in [5.41, 5.74) is 2.14. The SMILES string of the molecule is Cn1ccc(C(=O)N2CCCCC2c2nc3c(c(=O)[nH]2)CCN(C2CCCC2)C3)n1. The highest BCUT2D eigenvalue weighted by atomic mass is 16.2. The molecule has 0 radical (unpaired) electrons. The summed E-state index contributed by atoms with van der Waals surface area (Å²) >= 11 is 0. The van der Waals surface area contributed by atoms with Crippen molar-refractivity contribution in [1.29, 1.82) is 0 Å². The quantitative estimate of drug-likeness (QED) is 0.838. The summed E-state index contributed by atoms with van der Waals surface area (Å²) in [6.07, 6.45) is 10.4. The van der Waals surface area contributed by atoms with Crippen molar-refractivity contribution in [2.24, 2.45) is 7.05 Å². The maximum atomic E-state index is 13.1. The fourth-order valence-corrected chi connectivity index (χ4v) is 5.35. The van der Waals surface area contributed by atoms with Gasteiger partial charge in [-0.25, -0.2) is 4.98 Å². The molecule has 160 valence electrons. The predicted octanol–water partition coefficient (Wildman–Crippen LogP) is 2.17. The molecule has 1 unspecified atom stereocenters. The van der Waals surface area contributed by atoms with E-state index in [-0.39, 0.29) is 17.5 Å². The Hall–Kier alpha value is -2.48. The molecule has 0 bridgehead atoms. The van der Waals surface area contributed by atoms with Gasteiger partial charge in [-0.3, -0.25) is 19.2 Å². The molecular formula is C22H30N6O2. The van der Waals surface area contributed by atoms with Crippen LogP contribution in [-0.4, -0.2) is 54.6 Å². The minimum Gasteiger partial charge on any atom is -0.327 e. The zero-order valence-corrected chi connectivity index (χ0v) is 17.6. The van der Waals surface area contributed by atoms with Crippen LogP contribution in [0.2, 0.25) is 0 Å². The molecule has 5 rings (SSSR count). The number of likely N-dealkylation sites (tertiary alicyclic amines) is 1. The smallest absolute Gasteiger partial charge is 0.274 e. The fraction of sp³-hybridized carbons (Fsp3) is 0.636. The van der Waals surface area contributed by atoms with Crippen LogP contribution in [0.3, 0.4) is 0 Å². The number of amides is 1. The van der Waals surface area contributed by atoms with Gasteiger partial charge >= 0.3 is 0 Å². The summed E-state index contributed by atoms with van der Waals surface area (Å²) in [5.74, 6) is 0.546. The maximum Gasteiger partial charge on any atom is 0.274 e. The van der Waals surface area contributed by atoms with Crippen LogP contribution in [0.1, 0.15) is 78.6 Å². The van der Waals surface area contributed by atoms with Crippen LogP contribution in [0, 0.1) is 0 Å². The monoisotopic (exact) mass is 410 g/mol. The summed E-state index contributed by atoms with van der Waals surface area (Å²) in [6, 6.07) is 2.17. The highest BCUT2D eigenvalue weighted by Crippen LogP contribution is 2.31. The Kier molecular flexibility index (Phi) is 5.18. The number of carbonyl (C=O) groups is 1. The zero-order valence-electron chi connectivity index (χ0n) is 17.6. The number of nitrogens with one attached hydrogen (secondary N) is 1. The van der Waals surface area contributed by atoms with Crippen molar-refractivity contribution in [3.05, 3.63) is 45.4 Å². The van der Waals surface area contributed by atoms with Crippen molar-refractivity contribution in [2.75, 3.05) is 13.1 Å². The third-order valence-corrected chi connectivity index (χ3v) is 6.97. The van der Waals surface area contributed by atoms with Crippen molar-refractivity contribution in [3.63, 3.8) is 0 Å². The van der Waals surface area contributed by atoms with Gasteiger partial charge in [-0.15, -0.1) is 0 Å². The summed E-state index contributed by atoms with van der Waals surface area (Å²) in [5, 5.41) is 4.28. The molecule has 4 heterocycles. The van der Waals surface area contributed by atoms with Gasteiger partial charge < -0.3 is 9.88 Å². The molecule has 2 aliphatic heterocycles. The molecule has 2 aromatic rings. The van der Waals surface area contributed by atoms with Crippen molar-refractivity contribution in [2.45, 2.75) is 70.0 Å². The minimum atomic E-state index is -0.201. The van der Waals surface area contributed by atoms with Gasteiger partial charge in [0.2, 0.25) is 0 Å². The number of hydrogen-bond donors (Lipinski definition) is 1. The van der Waals surface area contributed by atoms with Crippen LogP contribution in [0.25, 0.3) is 0 Å². The van der Waals surface area contributed by atoms with E-state index in [0.717, 1.165) is 50.0 Å². The third kappa shape index (κ3) is 3.57. The van der Waals surface area contributed by atoms with E-state index in [1.54, 1.807) is 16.9 Å². The van der Waals surface area contributed by atoms with Gasteiger partial charge in [-0.05, 0) is 44.6 Å². The fourth-order valence-electron chi connectivity index (χ4n) is 5.35. The molecule has 1 N–H and O–H groups in total. The molecule has 1 saturated heterocycles. The van der Waals surface area contributed by atoms with Gasteiger partial charge in [0.1, 0.15) is 11.5 Å². The molecule has 8 nitrogen and oxygen atoms in total. The molecule has 8 heteroatoms. The average molecular weight is 411 g/mol. The van der Waals surface area contributed by atoms with E-state index in [4.69, 9.17) is 4.98 Å². The summed E-state index contributed by atoms with van der Waals surface area (Å²) in [4.78, 5) is 38.3. The minimum absolute atomic E-state index is 0.0307. The largest absolute Gasteiger partial charge is 0.327 e. The number of hydrogen-bond acceptors (Lipinski definition) is 5. The van der Waals surface area contributed by atoms with E-state index in [0.29, 0.717) is 24.1 Å². The van der Waals surface area contributed by atoms with Gasteiger partial charge in [-0.2, -0.15) is 5.10 Å². The number of piperidine rings is 1. The first-order chi connectivity index (χ1) is 14.6. The van der Waals surface area contributed by atoms with Crippen molar-refractivity contribution < 1.29 is 4.79 Å². The van der Waals surface area contributed by atoms with E-state index in [9.17, 15) is 9.59 Å². The molecule has 0 spiro atoms. The van der Waals surface area contributed by atoms with Gasteiger partial charge in [0.25, 0.3) is 11.5 Å². The topological polar surface area (TPSA) is 87.1 Å². The normalized spacial score (nSPS) is 23.0. The van der Waals surface area contributed by atoms with Crippen molar-refractivity contribution in [3.8, 4) is 0 Å². The third-order valence-electron chi connectivity index (χ3n) is 6.97. The molecule has 2 fully saturated rings. The van der Waals surface area contributed by atoms with Gasteiger partial charge in [0, 0.05) is 44.5 Å². The Morgan fingerprint density at radius 2 is 1.93 bits per heavy atom. The Balaban J connectivity index is 1.44. The molecule has 2 aromatic heterocycles. The average Bonchev–Trinajstić information content (AvgIpc) is 3.45. The van der Waals surface area contributed by atoms with E-state index in [2.05, 4.69) is 15.0 Å². The van der Waals surface area contributed by atoms with Crippen LogP contribution in [0.15, 0.2) is 17.1 Å². The van der Waals surface area contributed by atoms with Crippen molar-refractivity contribution in [1.82, 2.24) is 29.5 Å². The zero-order chi connectivity index (χ0) is 20.7. The molecule has 1 atom stereocenters. The highest BCUT2D eigenvalue weighted by Gasteiger charge is 2.33. The second-order valence-electron chi connectivity index (χ2n) is 8.92. The number of rotatable bonds is 3. The molecule has 0 aromatic carbocycles. The van der Waals surface area contributed by atoms with Crippen LogP contribution in [-0.2, 0) is 20.0 Å². The Morgan fingerprint density at radius 3 is 2.70 bits per heavy atom. The van der Waals surface area contributed by atoms with Gasteiger partial charge in [0.15, 0.2) is 0 Å². The Labute approximate surface area is 176 Å². The number of carbonyl (C=O) groups excluding carboxylic acids is 1. The van der Waals surface area contributed by atoms with E-state index >= 15 is 0 Å². The van der Waals surface area contributed by atoms with E-state index < -0.39 is 0 Å². The molecule has 1 saturated carbocycles. The standard InChI is InChI=1S/C22H30N6O2/c1-26-12-10-17(25-26)22(30)28-11-5-4-8-19(28)20-23-18-14-27(15-6-2-3-7-15)13-9-16(18)21(29)24-20/h10,12,15,19H,2-9,11,13-14H2,1H3,(H,23,24,29). The lowest BCUT2D eigenvalue weighted by Crippen LogP contribution is -2.43. The molecule has 3 aliphatic rings. The highest BCUT2D eigenvalue weighted by molar-refractivity contribution is 5.92. The number of H-pyrrole nitrogens is 1. The maximum absolute atomic E-state index is 13.1. The molecule has 1 amide bonds. The van der Waals surface area contributed by atoms with E-state index in [1.807, 2.05) is 11.9 Å². The van der Waals surface area contributed by atoms with Gasteiger partial charge in [0.05, 0.1) is 11.7 Å². The first-order valence-electron chi connectivity index (χ1n) is 11.3. The summed E-state index contributed by atoms with van der Waals surface area (Å²) in [6.45, 7) is 2.35. The second-order valence-corrected chi connectivity index (χ2v) is 8.92. The Morgan fingerprint density at radius 1 is 1.13 bits per heavy atom. The number of nitrogens with zero attached hydrogens (tertiary/aromatic N) is 5. The van der Waals surface area contributed by atoms with Gasteiger partial charge in [-0.1, -0.05) is 12.8 Å². The van der Waals surface area contributed by atoms with E-state index in [1.165, 1.54) is 25.7 Å². The first kappa shape index (κ1) is 19.5. The van der Waals surface area contributed by atoms with Crippen LogP contribution >= 0.6 is 0 Å². The second kappa shape index (κ2) is 7.98. The van der Waals surface area contributed by atoms with Crippen LogP contribution < -0.4 is 5.56 Å². The molecule has 30 heavy (non-hydrogen) atoms. The lowest BCUT2D eigenvalue weighted by molar-refractivity contribution is 0.0591. The Bertz CT molecular complexity index is 990. The molecule has 1 aliphatic carbocycles. The predicted molar refractivity (Wildman–Crippen MR) is 112 cm³/mol. The van der Waals surface area contributed by atoms with Crippen LogP contribution in [0.5, 0.6) is 0 Å². The lowest BCUT2D eigenvalue weighted by Gasteiger charge is -2.36. The number of aryl methyl sites for hydroxylation is 1. The molecular weight excluding hydrogens is 380 g/mol.